The molecule has 0 radical (unpaired) electrons. The van der Waals surface area contributed by atoms with Crippen molar-refractivity contribution < 1.29 is 23.6 Å². The number of amides is 4. The van der Waals surface area contributed by atoms with Gasteiger partial charge in [-0.25, -0.2) is 9.18 Å². The second-order valence-electron chi connectivity index (χ2n) is 14.5. The van der Waals surface area contributed by atoms with E-state index >= 15 is 4.39 Å². The topological polar surface area (TPSA) is 133 Å². The average molecular weight is 718 g/mol. The van der Waals surface area contributed by atoms with Gasteiger partial charge < -0.3 is 19.7 Å². The van der Waals surface area contributed by atoms with Crippen molar-refractivity contribution in [2.75, 3.05) is 45.2 Å². The number of hydrogen-bond acceptors (Lipinski definition) is 6. The standard InChI is InChI=1S/C40H40FN7O5/c1-22(49)46-16-6-7-25(19-46)28-17-27(29-18-30(39(52)44(2)3)42-36(29)35(28)41)24-12-10-23(11-13-24)26-20-47(21-26)31-8-5-9-32-37(31)45(4)40(53)48(32)33-14-15-34(50)43-38(33)51/h5,7-13,17-18,26,33,42H,6,14-16,19-21H2,1-4H3,(H,43,50,51). The zero-order valence-corrected chi connectivity index (χ0v) is 30.0. The summed E-state index contributed by atoms with van der Waals surface area (Å²) in [5.41, 5.74) is 6.44. The third kappa shape index (κ3) is 5.71. The fraction of sp³-hybridized carbons (Fsp3) is 0.325. The fourth-order valence-corrected chi connectivity index (χ4v) is 8.02. The molecule has 3 aliphatic rings. The van der Waals surface area contributed by atoms with Crippen LogP contribution in [0.2, 0.25) is 0 Å². The average Bonchev–Trinajstić information content (AvgIpc) is 3.68. The predicted molar refractivity (Wildman–Crippen MR) is 200 cm³/mol. The van der Waals surface area contributed by atoms with Gasteiger partial charge in [-0.3, -0.25) is 33.6 Å². The second-order valence-corrected chi connectivity index (χ2v) is 14.5. The summed E-state index contributed by atoms with van der Waals surface area (Å²) in [5.74, 6) is -1.35. The molecule has 1 atom stereocenters. The van der Waals surface area contributed by atoms with Crippen LogP contribution in [0.3, 0.4) is 0 Å². The number of carbonyl (C=O) groups is 4. The van der Waals surface area contributed by atoms with Crippen molar-refractivity contribution in [2.24, 2.45) is 7.05 Å². The summed E-state index contributed by atoms with van der Waals surface area (Å²) in [6.45, 7) is 3.85. The highest BCUT2D eigenvalue weighted by Gasteiger charge is 2.34. The molecule has 12 nitrogen and oxygen atoms in total. The highest BCUT2D eigenvalue weighted by Crippen LogP contribution is 2.40. The lowest BCUT2D eigenvalue weighted by molar-refractivity contribution is -0.135. The number of rotatable bonds is 6. The lowest BCUT2D eigenvalue weighted by Gasteiger charge is -2.41. The number of piperidine rings is 1. The maximum absolute atomic E-state index is 16.3. The molecule has 8 rings (SSSR count). The number of aromatic nitrogens is 3. The summed E-state index contributed by atoms with van der Waals surface area (Å²) in [5, 5.41) is 2.96. The quantitative estimate of drug-likeness (QED) is 0.248. The van der Waals surface area contributed by atoms with Crippen LogP contribution in [0.4, 0.5) is 10.1 Å². The maximum Gasteiger partial charge on any atom is 0.329 e. The zero-order chi connectivity index (χ0) is 37.3. The van der Waals surface area contributed by atoms with Crippen LogP contribution in [-0.4, -0.2) is 87.8 Å². The van der Waals surface area contributed by atoms with Crippen molar-refractivity contribution in [1.29, 1.82) is 0 Å². The van der Waals surface area contributed by atoms with E-state index in [1.54, 1.807) is 36.7 Å². The SMILES string of the molecule is CC(=O)N1CCC=C(c2cc(-c3ccc(C4CN(c5cccc6c5n(C)c(=O)n6C5CCC(=O)NC5=O)C4)cc3)c3cc(C(=O)N(C)C)[nH]c3c2F)C1. The molecule has 0 aliphatic carbocycles. The lowest BCUT2D eigenvalue weighted by Crippen LogP contribution is -2.45. The number of aromatic amines is 1. The van der Waals surface area contributed by atoms with Gasteiger partial charge in [0.25, 0.3) is 5.91 Å². The molecule has 3 aliphatic heterocycles. The van der Waals surface area contributed by atoms with Crippen molar-refractivity contribution in [3.8, 4) is 11.1 Å². The molecule has 5 aromatic rings. The summed E-state index contributed by atoms with van der Waals surface area (Å²) in [6.07, 6.45) is 3.06. The van der Waals surface area contributed by atoms with Gasteiger partial charge in [0.2, 0.25) is 17.7 Å². The van der Waals surface area contributed by atoms with Gasteiger partial charge in [0.15, 0.2) is 5.82 Å². The smallest absolute Gasteiger partial charge is 0.329 e. The molecule has 2 fully saturated rings. The summed E-state index contributed by atoms with van der Waals surface area (Å²) < 4.78 is 19.4. The number of nitrogens with zero attached hydrogens (tertiary/aromatic N) is 5. The van der Waals surface area contributed by atoms with E-state index in [1.165, 1.54) is 16.4 Å². The molecule has 1 unspecified atom stereocenters. The van der Waals surface area contributed by atoms with Gasteiger partial charge in [0, 0.05) is 77.5 Å². The number of para-hydroxylation sites is 1. The minimum absolute atomic E-state index is 0.0624. The van der Waals surface area contributed by atoms with E-state index in [2.05, 4.69) is 27.3 Å². The van der Waals surface area contributed by atoms with Crippen molar-refractivity contribution >= 4 is 56.8 Å². The van der Waals surface area contributed by atoms with Gasteiger partial charge in [-0.2, -0.15) is 0 Å². The molecule has 0 saturated carbocycles. The molecule has 0 spiro atoms. The molecular weight excluding hydrogens is 677 g/mol. The van der Waals surface area contributed by atoms with Gasteiger partial charge in [-0.1, -0.05) is 36.4 Å². The van der Waals surface area contributed by atoms with Gasteiger partial charge >= 0.3 is 5.69 Å². The predicted octanol–water partition coefficient (Wildman–Crippen LogP) is 4.55. The Hall–Kier alpha value is -5.98. The van der Waals surface area contributed by atoms with Gasteiger partial charge in [-0.05, 0) is 59.4 Å². The number of benzene rings is 3. The molecule has 3 aromatic carbocycles. The number of imidazole rings is 1. The van der Waals surface area contributed by atoms with E-state index in [9.17, 15) is 24.0 Å². The molecule has 0 bridgehead atoms. The molecule has 272 valence electrons. The Balaban J connectivity index is 1.09. The van der Waals surface area contributed by atoms with Crippen LogP contribution < -0.4 is 15.9 Å². The third-order valence-corrected chi connectivity index (χ3v) is 10.9. The second kappa shape index (κ2) is 12.9. The number of imide groups is 1. The first-order chi connectivity index (χ1) is 25.4. The maximum atomic E-state index is 16.3. The molecule has 2 N–H and O–H groups in total. The third-order valence-electron chi connectivity index (χ3n) is 10.9. The van der Waals surface area contributed by atoms with E-state index in [1.807, 2.05) is 42.5 Å². The lowest BCUT2D eigenvalue weighted by atomic mass is 9.88. The molecule has 4 amide bonds. The number of anilines is 1. The number of carbonyl (C=O) groups excluding carboxylic acids is 4. The first-order valence-electron chi connectivity index (χ1n) is 17.8. The first kappa shape index (κ1) is 34.1. The van der Waals surface area contributed by atoms with Crippen molar-refractivity contribution in [3.05, 3.63) is 93.8 Å². The fourth-order valence-electron chi connectivity index (χ4n) is 8.02. The monoisotopic (exact) mass is 717 g/mol. The van der Waals surface area contributed by atoms with Crippen LogP contribution in [0.25, 0.3) is 38.6 Å². The number of aryl methyl sites for hydroxylation is 1. The summed E-state index contributed by atoms with van der Waals surface area (Å²) in [7, 11) is 5.01. The molecule has 2 aromatic heterocycles. The highest BCUT2D eigenvalue weighted by molar-refractivity contribution is 6.05. The van der Waals surface area contributed by atoms with E-state index < -0.39 is 17.8 Å². The van der Waals surface area contributed by atoms with Crippen molar-refractivity contribution in [3.63, 3.8) is 0 Å². The Bertz CT molecular complexity index is 2450. The molecule has 13 heteroatoms. The van der Waals surface area contributed by atoms with Gasteiger partial charge in [0.1, 0.15) is 11.7 Å². The summed E-state index contributed by atoms with van der Waals surface area (Å²) in [4.78, 5) is 71.5. The minimum Gasteiger partial charge on any atom is -0.368 e. The number of halogens is 1. The Kier molecular flexibility index (Phi) is 8.31. The van der Waals surface area contributed by atoms with Crippen LogP contribution in [0, 0.1) is 5.82 Å². The highest BCUT2D eigenvalue weighted by atomic mass is 19.1. The Morgan fingerprint density at radius 3 is 2.43 bits per heavy atom. The largest absolute Gasteiger partial charge is 0.368 e. The van der Waals surface area contributed by atoms with E-state index in [-0.39, 0.29) is 53.4 Å². The molecule has 5 heterocycles. The van der Waals surface area contributed by atoms with E-state index in [0.29, 0.717) is 36.0 Å². The van der Waals surface area contributed by atoms with Crippen LogP contribution in [0.15, 0.2) is 65.5 Å². The zero-order valence-electron chi connectivity index (χ0n) is 30.0. The van der Waals surface area contributed by atoms with Crippen molar-refractivity contribution in [1.82, 2.24) is 29.2 Å². The van der Waals surface area contributed by atoms with Gasteiger partial charge in [0.05, 0.1) is 22.2 Å². The summed E-state index contributed by atoms with van der Waals surface area (Å²) >= 11 is 0. The van der Waals surface area contributed by atoms with E-state index in [4.69, 9.17) is 0 Å². The van der Waals surface area contributed by atoms with Crippen LogP contribution in [0.1, 0.15) is 59.8 Å². The van der Waals surface area contributed by atoms with Crippen LogP contribution in [0.5, 0.6) is 0 Å². The Morgan fingerprint density at radius 1 is 0.981 bits per heavy atom. The number of nitrogens with one attached hydrogen (secondary N) is 2. The number of fused-ring (bicyclic) bond motifs is 2. The van der Waals surface area contributed by atoms with Crippen LogP contribution >= 0.6 is 0 Å². The van der Waals surface area contributed by atoms with Gasteiger partial charge in [-0.15, -0.1) is 0 Å². The summed E-state index contributed by atoms with van der Waals surface area (Å²) in [6, 6.07) is 16.7. The normalized spacial score (nSPS) is 18.0. The molecule has 2 saturated heterocycles. The first-order valence-corrected chi connectivity index (χ1v) is 17.8. The Labute approximate surface area is 304 Å². The number of H-pyrrole nitrogens is 1. The minimum atomic E-state index is -0.749. The Morgan fingerprint density at radius 2 is 1.74 bits per heavy atom. The number of hydrogen-bond donors (Lipinski definition) is 2. The van der Waals surface area contributed by atoms with E-state index in [0.717, 1.165) is 46.6 Å². The molecule has 53 heavy (non-hydrogen) atoms. The van der Waals surface area contributed by atoms with Crippen molar-refractivity contribution in [2.45, 2.75) is 38.1 Å². The van der Waals surface area contributed by atoms with Crippen LogP contribution in [-0.2, 0) is 21.4 Å². The molecular formula is C40H40FN7O5.